The lowest BCUT2D eigenvalue weighted by molar-refractivity contribution is 0.0635. The molecule has 3 nitrogen and oxygen atoms in total. The Morgan fingerprint density at radius 1 is 1.47 bits per heavy atom. The highest BCUT2D eigenvalue weighted by atomic mass is 79.9. The molecule has 1 aromatic rings. The molecular weight excluding hydrogens is 289 g/mol. The van der Waals surface area contributed by atoms with Gasteiger partial charge in [0.05, 0.1) is 5.69 Å². The molecule has 0 aromatic heterocycles. The second kappa shape index (κ2) is 5.49. The first kappa shape index (κ1) is 14.0. The molecular formula is C12H15BrFNO2. The molecule has 17 heavy (non-hydrogen) atoms. The lowest BCUT2D eigenvalue weighted by atomic mass is 10.2. The van der Waals surface area contributed by atoms with Crippen molar-refractivity contribution in [2.75, 3.05) is 5.32 Å². The summed E-state index contributed by atoms with van der Waals surface area (Å²) in [6.45, 7) is 5.24. The molecule has 0 fully saturated rings. The quantitative estimate of drug-likeness (QED) is 0.837. The van der Waals surface area contributed by atoms with E-state index < -0.39 is 17.5 Å². The van der Waals surface area contributed by atoms with Gasteiger partial charge in [-0.25, -0.2) is 9.18 Å². The van der Waals surface area contributed by atoms with Crippen LogP contribution in [0.25, 0.3) is 0 Å². The van der Waals surface area contributed by atoms with Crippen LogP contribution >= 0.6 is 15.9 Å². The summed E-state index contributed by atoms with van der Waals surface area (Å²) in [5.74, 6) is -0.486. The highest BCUT2D eigenvalue weighted by Gasteiger charge is 2.17. The maximum absolute atomic E-state index is 13.4. The minimum absolute atomic E-state index is 0.121. The maximum atomic E-state index is 13.4. The number of hydrogen-bond donors (Lipinski definition) is 1. The summed E-state index contributed by atoms with van der Waals surface area (Å²) in [6, 6.07) is 4.52. The standard InChI is InChI=1S/C12H15BrFNO2/c1-12(2,3)17-11(16)15-10-6-8(7-13)4-5-9(10)14/h4-6H,7H2,1-3H3,(H,15,16). The van der Waals surface area contributed by atoms with Crippen molar-refractivity contribution < 1.29 is 13.9 Å². The third kappa shape index (κ3) is 4.73. The van der Waals surface area contributed by atoms with Gasteiger partial charge in [0, 0.05) is 5.33 Å². The largest absolute Gasteiger partial charge is 0.444 e. The SMILES string of the molecule is CC(C)(C)OC(=O)Nc1cc(CBr)ccc1F. The van der Waals surface area contributed by atoms with Gasteiger partial charge < -0.3 is 4.74 Å². The van der Waals surface area contributed by atoms with Gasteiger partial charge in [-0.15, -0.1) is 0 Å². The molecule has 0 spiro atoms. The number of hydrogen-bond acceptors (Lipinski definition) is 2. The van der Waals surface area contributed by atoms with E-state index in [1.54, 1.807) is 32.9 Å². The first-order valence-corrected chi connectivity index (χ1v) is 6.28. The number of nitrogens with one attached hydrogen (secondary N) is 1. The van der Waals surface area contributed by atoms with E-state index in [9.17, 15) is 9.18 Å². The second-order valence-corrected chi connectivity index (χ2v) is 5.14. The first-order valence-electron chi connectivity index (χ1n) is 5.16. The van der Waals surface area contributed by atoms with E-state index in [0.717, 1.165) is 5.56 Å². The summed E-state index contributed by atoms with van der Waals surface area (Å²) >= 11 is 3.26. The van der Waals surface area contributed by atoms with Crippen molar-refractivity contribution in [3.63, 3.8) is 0 Å². The zero-order valence-corrected chi connectivity index (χ0v) is 11.6. The Bertz CT molecular complexity index is 415. The number of carbonyl (C=O) groups is 1. The van der Waals surface area contributed by atoms with Crippen LogP contribution in [0.3, 0.4) is 0 Å². The monoisotopic (exact) mass is 303 g/mol. The number of halogens is 2. The Morgan fingerprint density at radius 2 is 2.12 bits per heavy atom. The van der Waals surface area contributed by atoms with Crippen LogP contribution in [-0.2, 0) is 10.1 Å². The average molecular weight is 304 g/mol. The Morgan fingerprint density at radius 3 is 2.65 bits per heavy atom. The van der Waals surface area contributed by atoms with E-state index >= 15 is 0 Å². The summed E-state index contributed by atoms with van der Waals surface area (Å²) in [5.41, 5.74) is 0.391. The van der Waals surface area contributed by atoms with Crippen molar-refractivity contribution in [1.82, 2.24) is 0 Å². The van der Waals surface area contributed by atoms with Gasteiger partial charge in [0.2, 0.25) is 0 Å². The van der Waals surface area contributed by atoms with Crippen LogP contribution in [0.5, 0.6) is 0 Å². The van der Waals surface area contributed by atoms with Gasteiger partial charge in [-0.2, -0.15) is 0 Å². The van der Waals surface area contributed by atoms with Crippen molar-refractivity contribution in [1.29, 1.82) is 0 Å². The van der Waals surface area contributed by atoms with Crippen molar-refractivity contribution in [2.24, 2.45) is 0 Å². The van der Waals surface area contributed by atoms with Gasteiger partial charge >= 0.3 is 6.09 Å². The first-order chi connectivity index (χ1) is 7.81. The van der Waals surface area contributed by atoms with Crippen LogP contribution in [0.15, 0.2) is 18.2 Å². The summed E-state index contributed by atoms with van der Waals surface area (Å²) < 4.78 is 18.5. The van der Waals surface area contributed by atoms with E-state index in [2.05, 4.69) is 21.2 Å². The van der Waals surface area contributed by atoms with E-state index in [-0.39, 0.29) is 5.69 Å². The van der Waals surface area contributed by atoms with Crippen molar-refractivity contribution in [3.8, 4) is 0 Å². The zero-order valence-electron chi connectivity index (χ0n) is 10.0. The van der Waals surface area contributed by atoms with Gasteiger partial charge in [0.1, 0.15) is 11.4 Å². The lowest BCUT2D eigenvalue weighted by Gasteiger charge is -2.19. The van der Waals surface area contributed by atoms with Crippen LogP contribution in [0.2, 0.25) is 0 Å². The number of amides is 1. The van der Waals surface area contributed by atoms with Crippen molar-refractivity contribution >= 4 is 27.7 Å². The predicted octanol–water partition coefficient (Wildman–Crippen LogP) is 4.07. The molecule has 0 aliphatic heterocycles. The lowest BCUT2D eigenvalue weighted by Crippen LogP contribution is -2.27. The van der Waals surface area contributed by atoms with Crippen LogP contribution in [-0.4, -0.2) is 11.7 Å². The zero-order chi connectivity index (χ0) is 13.1. The summed E-state index contributed by atoms with van der Waals surface area (Å²) in [5, 5.41) is 2.98. The van der Waals surface area contributed by atoms with Crippen molar-refractivity contribution in [3.05, 3.63) is 29.6 Å². The minimum Gasteiger partial charge on any atom is -0.444 e. The van der Waals surface area contributed by atoms with Crippen LogP contribution in [0.1, 0.15) is 26.3 Å². The van der Waals surface area contributed by atoms with E-state index in [0.29, 0.717) is 5.33 Å². The molecule has 1 N–H and O–H groups in total. The molecule has 1 amide bonds. The fraction of sp³-hybridized carbons (Fsp3) is 0.417. The number of rotatable bonds is 2. The van der Waals surface area contributed by atoms with Gasteiger partial charge in [0.15, 0.2) is 0 Å². The topological polar surface area (TPSA) is 38.3 Å². The molecule has 0 aliphatic carbocycles. The van der Waals surface area contributed by atoms with Gasteiger partial charge in [-0.3, -0.25) is 5.32 Å². The smallest absolute Gasteiger partial charge is 0.412 e. The molecule has 0 atom stereocenters. The third-order valence-electron chi connectivity index (χ3n) is 1.82. The van der Waals surface area contributed by atoms with E-state index in [1.807, 2.05) is 0 Å². The number of alkyl halides is 1. The molecule has 0 heterocycles. The minimum atomic E-state index is -0.664. The third-order valence-corrected chi connectivity index (χ3v) is 2.47. The Balaban J connectivity index is 2.77. The van der Waals surface area contributed by atoms with Crippen LogP contribution in [0, 0.1) is 5.82 Å². The maximum Gasteiger partial charge on any atom is 0.412 e. The molecule has 5 heteroatoms. The van der Waals surface area contributed by atoms with Gasteiger partial charge in [-0.1, -0.05) is 22.0 Å². The summed E-state index contributed by atoms with van der Waals surface area (Å²) in [4.78, 5) is 11.5. The molecule has 0 radical (unpaired) electrons. The van der Waals surface area contributed by atoms with Crippen LogP contribution in [0.4, 0.5) is 14.9 Å². The number of ether oxygens (including phenoxy) is 1. The fourth-order valence-electron chi connectivity index (χ4n) is 1.16. The second-order valence-electron chi connectivity index (χ2n) is 4.57. The highest BCUT2D eigenvalue weighted by Crippen LogP contribution is 2.19. The van der Waals surface area contributed by atoms with E-state index in [1.165, 1.54) is 6.07 Å². The number of benzene rings is 1. The predicted molar refractivity (Wildman–Crippen MR) is 68.9 cm³/mol. The molecule has 0 aliphatic rings. The number of anilines is 1. The average Bonchev–Trinajstić information content (AvgIpc) is 2.18. The van der Waals surface area contributed by atoms with Gasteiger partial charge in [-0.05, 0) is 38.5 Å². The fourth-order valence-corrected chi connectivity index (χ4v) is 1.51. The molecule has 1 aromatic carbocycles. The molecule has 94 valence electrons. The summed E-state index contributed by atoms with van der Waals surface area (Å²) in [6.07, 6.45) is -0.664. The molecule has 0 bridgehead atoms. The molecule has 1 rings (SSSR count). The molecule has 0 saturated heterocycles. The van der Waals surface area contributed by atoms with Crippen LogP contribution < -0.4 is 5.32 Å². The number of carbonyl (C=O) groups excluding carboxylic acids is 1. The normalized spacial score (nSPS) is 11.1. The molecule has 0 saturated carbocycles. The Labute approximate surface area is 108 Å². The van der Waals surface area contributed by atoms with E-state index in [4.69, 9.17) is 4.74 Å². The Hall–Kier alpha value is -1.10. The van der Waals surface area contributed by atoms with Crippen molar-refractivity contribution in [2.45, 2.75) is 31.7 Å². The molecule has 0 unspecified atom stereocenters. The summed E-state index contributed by atoms with van der Waals surface area (Å²) in [7, 11) is 0. The van der Waals surface area contributed by atoms with Gasteiger partial charge in [0.25, 0.3) is 0 Å². The highest BCUT2D eigenvalue weighted by molar-refractivity contribution is 9.08. The Kier molecular flexibility index (Phi) is 4.51.